The Morgan fingerprint density at radius 1 is 0.729 bits per heavy atom. The number of aryl methyl sites for hydroxylation is 7. The van der Waals surface area contributed by atoms with Crippen LogP contribution in [0.15, 0.2) is 35.0 Å². The molecule has 0 unspecified atom stereocenters. The molecule has 5 rings (SSSR count). The van der Waals surface area contributed by atoms with Crippen LogP contribution in [0.25, 0.3) is 22.5 Å². The second kappa shape index (κ2) is 19.7. The van der Waals surface area contributed by atoms with Crippen molar-refractivity contribution in [1.82, 2.24) is 9.97 Å². The van der Waals surface area contributed by atoms with E-state index in [4.69, 9.17) is 9.72 Å². The first kappa shape index (κ1) is 44.5. The first-order valence-electron chi connectivity index (χ1n) is 16.6. The van der Waals surface area contributed by atoms with Crippen LogP contribution in [0.4, 0.5) is 0 Å². The third kappa shape index (κ3) is 14.0. The van der Waals surface area contributed by atoms with E-state index < -0.39 is 0 Å². The molecule has 4 nitrogen and oxygen atoms in total. The summed E-state index contributed by atoms with van der Waals surface area (Å²) in [5, 5.41) is 6.44. The second-order valence-electron chi connectivity index (χ2n) is 15.0. The first-order valence-corrected chi connectivity index (χ1v) is 18.4. The van der Waals surface area contributed by atoms with Gasteiger partial charge in [0, 0.05) is 40.5 Å². The van der Waals surface area contributed by atoms with Gasteiger partial charge >= 0.3 is 18.9 Å². The number of hydrogen-bond donors (Lipinski definition) is 0. The Labute approximate surface area is 323 Å². The van der Waals surface area contributed by atoms with Gasteiger partial charge in [-0.3, -0.25) is 4.79 Å². The molecule has 2 aromatic carbocycles. The quantitative estimate of drug-likeness (QED) is 0.198. The summed E-state index contributed by atoms with van der Waals surface area (Å²) >= 11 is 3.37. The Morgan fingerprint density at radius 2 is 1.12 bits per heavy atom. The van der Waals surface area contributed by atoms with Crippen LogP contribution in [0.1, 0.15) is 106 Å². The molecule has 0 atom stereocenters. The number of nitrogens with zero attached hydrogens (tertiary/aromatic N) is 2. The first-order chi connectivity index (χ1) is 21.4. The van der Waals surface area contributed by atoms with Gasteiger partial charge in [0.1, 0.15) is 10.8 Å². The van der Waals surface area contributed by atoms with E-state index in [1.165, 1.54) is 68.8 Å². The molecule has 1 fully saturated rings. The van der Waals surface area contributed by atoms with Crippen LogP contribution in [-0.2, 0) is 22.4 Å². The van der Waals surface area contributed by atoms with Crippen molar-refractivity contribution in [3.05, 3.63) is 78.4 Å². The number of hydrogen-bond acceptors (Lipinski definition) is 6. The maximum Gasteiger partial charge on any atom is 1.00 e. The van der Waals surface area contributed by atoms with Crippen LogP contribution < -0.4 is 18.9 Å². The van der Waals surface area contributed by atoms with Crippen molar-refractivity contribution >= 4 is 45.8 Å². The molecule has 1 aliphatic heterocycles. The normalized spacial score (nSPS) is 12.6. The maximum atomic E-state index is 12.1. The number of aromatic nitrogens is 2. The molecule has 0 bridgehead atoms. The maximum absolute atomic E-state index is 12.1. The van der Waals surface area contributed by atoms with Gasteiger partial charge in [-0.15, -0.1) is 22.7 Å². The number of carbonyl (C=O) groups excluding carboxylic acids is 1. The van der Waals surface area contributed by atoms with Crippen molar-refractivity contribution in [3.8, 4) is 22.5 Å². The van der Waals surface area contributed by atoms with Gasteiger partial charge < -0.3 is 6.16 Å². The molecule has 1 aliphatic rings. The van der Waals surface area contributed by atoms with E-state index in [0.29, 0.717) is 11.8 Å². The van der Waals surface area contributed by atoms with Gasteiger partial charge in [0.2, 0.25) is 0 Å². The van der Waals surface area contributed by atoms with Crippen molar-refractivity contribution in [2.24, 2.45) is 10.8 Å². The summed E-state index contributed by atoms with van der Waals surface area (Å²) < 4.78 is 4.94. The number of Topliss-reactive ketones (excluding diaryl/α,β-unsaturated/α-hetero) is 1. The summed E-state index contributed by atoms with van der Waals surface area (Å²) in [5.41, 5.74) is 12.5. The van der Waals surface area contributed by atoms with E-state index in [-0.39, 0.29) is 48.8 Å². The monoisotopic (exact) mass is 698 g/mol. The van der Waals surface area contributed by atoms with Crippen LogP contribution in [0, 0.1) is 52.4 Å². The predicted molar refractivity (Wildman–Crippen MR) is 211 cm³/mol. The average molecular weight is 699 g/mol. The van der Waals surface area contributed by atoms with Crippen LogP contribution in [0.5, 0.6) is 0 Å². The minimum Gasteiger partial charge on any atom is -1.00 e. The average Bonchev–Trinajstić information content (AvgIpc) is 3.71. The number of ketones is 1. The van der Waals surface area contributed by atoms with E-state index in [1.54, 1.807) is 22.7 Å². The van der Waals surface area contributed by atoms with Gasteiger partial charge in [0.25, 0.3) is 0 Å². The molecular weight excluding hydrogens is 639 g/mol. The van der Waals surface area contributed by atoms with Gasteiger partial charge in [-0.25, -0.2) is 9.97 Å². The summed E-state index contributed by atoms with van der Waals surface area (Å²) in [5.74, 6) is 0.237. The molecule has 1 saturated heterocycles. The smallest absolute Gasteiger partial charge is 1.00 e. The molecule has 0 aliphatic carbocycles. The molecular formula is C40H60AlLiN2O2S2. The Morgan fingerprint density at radius 3 is 1.48 bits per heavy atom. The molecule has 3 heterocycles. The Kier molecular flexibility index (Phi) is 18.3. The van der Waals surface area contributed by atoms with Crippen LogP contribution in [0.2, 0.25) is 0 Å². The van der Waals surface area contributed by atoms with Gasteiger partial charge in [-0.2, -0.15) is 0 Å². The number of thiazole rings is 2. The fourth-order valence-electron chi connectivity index (χ4n) is 5.61. The van der Waals surface area contributed by atoms with Gasteiger partial charge in [0.05, 0.1) is 22.8 Å². The standard InChI is InChI=1S/C18H23NOS.C18H25NS.C4H8O.Al.Li.4H/c1-11-7-12(2)17(13(3)8-11)14-10-21-16(19-14)9-15(20)18(4,5)6;1-12-9-13(2)17(14(3)10-12)15-11-20-16(19-15)7-8-18(4,5)6;1-2-4-5-3-1;;;;;;/h7-8,10H,9H2,1-6H3;9-11H,7-8H2,1-6H3;1-4H2;;;;;;/q;;;;+1;;;;-1. The van der Waals surface area contributed by atoms with E-state index in [2.05, 4.69) is 102 Å². The van der Waals surface area contributed by atoms with Crippen molar-refractivity contribution in [2.75, 3.05) is 13.2 Å². The number of benzene rings is 2. The summed E-state index contributed by atoms with van der Waals surface area (Å²) in [6.45, 7) is 27.6. The van der Waals surface area contributed by atoms with Gasteiger partial charge in [-0.1, -0.05) is 76.9 Å². The minimum absolute atomic E-state index is 0. The second-order valence-corrected chi connectivity index (χ2v) is 16.9. The number of rotatable bonds is 6. The Bertz CT molecular complexity index is 1560. The molecule has 0 saturated carbocycles. The molecule has 2 aromatic heterocycles. The zero-order chi connectivity index (χ0) is 34.2. The summed E-state index contributed by atoms with van der Waals surface area (Å²) in [7, 11) is 0. The minimum atomic E-state index is -0.304. The van der Waals surface area contributed by atoms with Crippen molar-refractivity contribution in [2.45, 2.75) is 115 Å². The summed E-state index contributed by atoms with van der Waals surface area (Å²) in [6, 6.07) is 8.86. The van der Waals surface area contributed by atoms with Gasteiger partial charge in [-0.05, 0) is 94.9 Å². The number of ether oxygens (including phenoxy) is 1. The van der Waals surface area contributed by atoms with Gasteiger partial charge in [0.15, 0.2) is 17.4 Å². The molecule has 0 spiro atoms. The fourth-order valence-corrected chi connectivity index (χ4v) is 7.18. The zero-order valence-electron chi connectivity index (χ0n) is 32.4. The Hall–Kier alpha value is -1.54. The molecule has 258 valence electrons. The fraction of sp³-hybridized carbons (Fsp3) is 0.525. The van der Waals surface area contributed by atoms with Crippen LogP contribution >= 0.6 is 22.7 Å². The Balaban J connectivity index is 0.000000779. The molecule has 8 heteroatoms. The summed E-state index contributed by atoms with van der Waals surface area (Å²) in [4.78, 5) is 21.7. The van der Waals surface area contributed by atoms with Crippen LogP contribution in [0.3, 0.4) is 0 Å². The van der Waals surface area contributed by atoms with Crippen molar-refractivity contribution < 1.29 is 29.8 Å². The third-order valence-corrected chi connectivity index (χ3v) is 9.79. The van der Waals surface area contributed by atoms with E-state index in [0.717, 1.165) is 36.0 Å². The molecule has 0 amide bonds. The summed E-state index contributed by atoms with van der Waals surface area (Å²) in [6.07, 6.45) is 5.25. The van der Waals surface area contributed by atoms with Crippen LogP contribution in [-0.4, -0.2) is 46.3 Å². The molecule has 4 aromatic rings. The largest absolute Gasteiger partial charge is 1.00 e. The van der Waals surface area contributed by atoms with E-state index >= 15 is 0 Å². The molecule has 0 radical (unpaired) electrons. The number of carbonyl (C=O) groups is 1. The molecule has 48 heavy (non-hydrogen) atoms. The third-order valence-electron chi connectivity index (χ3n) is 8.03. The van der Waals surface area contributed by atoms with E-state index in [9.17, 15) is 4.79 Å². The zero-order valence-corrected chi connectivity index (χ0v) is 33.1. The molecule has 0 N–H and O–H groups in total. The van der Waals surface area contributed by atoms with Crippen molar-refractivity contribution in [3.63, 3.8) is 0 Å². The topological polar surface area (TPSA) is 52.1 Å². The van der Waals surface area contributed by atoms with Crippen molar-refractivity contribution in [1.29, 1.82) is 0 Å². The predicted octanol–water partition coefficient (Wildman–Crippen LogP) is 7.34. The SMILES string of the molecule is C1CCOC1.Cc1cc(C)c(-c2csc(CC(=O)C(C)(C)C)n2)c(C)c1.Cc1cc(C)c(-c2csc(CCC(C)(C)C)n2)c(C)c1.[AlH3].[H-].[Li+]. The van der Waals surface area contributed by atoms with E-state index in [1.807, 2.05) is 20.8 Å².